The number of benzene rings is 2. The van der Waals surface area contributed by atoms with Crippen LogP contribution in [-0.2, 0) is 0 Å². The van der Waals surface area contributed by atoms with Crippen molar-refractivity contribution in [3.05, 3.63) is 84.9 Å². The molecule has 0 heterocycles. The van der Waals surface area contributed by atoms with E-state index in [2.05, 4.69) is 84.9 Å². The highest BCUT2D eigenvalue weighted by molar-refractivity contribution is 6.06. The van der Waals surface area contributed by atoms with Crippen molar-refractivity contribution in [2.75, 3.05) is 0 Å². The molecule has 5 rings (SSSR count). The summed E-state index contributed by atoms with van der Waals surface area (Å²) in [5, 5.41) is 5.29. The van der Waals surface area contributed by atoms with Crippen LogP contribution >= 0.6 is 0 Å². The molecule has 102 valence electrons. The van der Waals surface area contributed by atoms with Crippen LogP contribution in [0.5, 0.6) is 0 Å². The Morgan fingerprint density at radius 3 is 1.82 bits per heavy atom. The van der Waals surface area contributed by atoms with Crippen molar-refractivity contribution in [3.63, 3.8) is 0 Å². The van der Waals surface area contributed by atoms with Gasteiger partial charge in [0.1, 0.15) is 0 Å². The van der Waals surface area contributed by atoms with Crippen LogP contribution in [0.4, 0.5) is 0 Å². The molecule has 0 N–H and O–H groups in total. The lowest BCUT2D eigenvalue weighted by molar-refractivity contribution is 1.72. The van der Waals surface area contributed by atoms with Gasteiger partial charge < -0.3 is 0 Å². The van der Waals surface area contributed by atoms with Crippen LogP contribution in [0.3, 0.4) is 0 Å². The first-order chi connectivity index (χ1) is 10.9. The van der Waals surface area contributed by atoms with E-state index >= 15 is 0 Å². The third-order valence-corrected chi connectivity index (χ3v) is 4.58. The average molecular weight is 278 g/mol. The summed E-state index contributed by atoms with van der Waals surface area (Å²) in [6.45, 7) is 0. The third-order valence-electron chi connectivity index (χ3n) is 4.58. The van der Waals surface area contributed by atoms with E-state index in [1.54, 1.807) is 0 Å². The number of hydrogen-bond donors (Lipinski definition) is 0. The maximum Gasteiger partial charge on any atom is -0.00990 e. The minimum Gasteiger partial charge on any atom is -0.0616 e. The summed E-state index contributed by atoms with van der Waals surface area (Å²) in [6.07, 6.45) is 0. The number of hydrogen-bond acceptors (Lipinski definition) is 0. The summed E-state index contributed by atoms with van der Waals surface area (Å²) in [4.78, 5) is 0. The zero-order valence-electron chi connectivity index (χ0n) is 12.1. The maximum absolute atomic E-state index is 2.34. The minimum atomic E-state index is 1.30. The van der Waals surface area contributed by atoms with Gasteiger partial charge in [0.15, 0.2) is 0 Å². The first kappa shape index (κ1) is 11.8. The standard InChI is InChI=1S/C22H14/c1-3-9-19-16(7-1)13-18-14-22-17(8-5-11-21(18)19)12-15-6-2-4-10-20(15)22/h1-14H. The van der Waals surface area contributed by atoms with E-state index in [0.717, 1.165) is 0 Å². The Morgan fingerprint density at radius 1 is 0.409 bits per heavy atom. The van der Waals surface area contributed by atoms with Crippen molar-refractivity contribution >= 4 is 21.5 Å². The van der Waals surface area contributed by atoms with Crippen LogP contribution in [0.1, 0.15) is 0 Å². The molecule has 0 fully saturated rings. The van der Waals surface area contributed by atoms with Gasteiger partial charge in [-0.1, -0.05) is 66.7 Å². The third kappa shape index (κ3) is 1.58. The van der Waals surface area contributed by atoms with E-state index in [1.165, 1.54) is 43.8 Å². The lowest BCUT2D eigenvalue weighted by Crippen LogP contribution is -1.75. The van der Waals surface area contributed by atoms with Crippen LogP contribution in [0.15, 0.2) is 84.9 Å². The lowest BCUT2D eigenvalue weighted by Gasteiger charge is -2.01. The summed E-state index contributed by atoms with van der Waals surface area (Å²) in [7, 11) is 0. The topological polar surface area (TPSA) is 0 Å². The molecule has 0 saturated heterocycles. The van der Waals surface area contributed by atoms with Gasteiger partial charge in [0.05, 0.1) is 0 Å². The monoisotopic (exact) mass is 278 g/mol. The van der Waals surface area contributed by atoms with Gasteiger partial charge in [-0.3, -0.25) is 0 Å². The molecule has 3 aliphatic carbocycles. The van der Waals surface area contributed by atoms with Crippen molar-refractivity contribution in [2.45, 2.75) is 0 Å². The van der Waals surface area contributed by atoms with Crippen LogP contribution in [0.2, 0.25) is 0 Å². The van der Waals surface area contributed by atoms with E-state index in [-0.39, 0.29) is 0 Å². The zero-order chi connectivity index (χ0) is 14.5. The highest BCUT2D eigenvalue weighted by Gasteiger charge is 2.12. The molecule has 0 aliphatic heterocycles. The second-order valence-corrected chi connectivity index (χ2v) is 5.87. The van der Waals surface area contributed by atoms with E-state index < -0.39 is 0 Å². The second kappa shape index (κ2) is 4.32. The van der Waals surface area contributed by atoms with Gasteiger partial charge in [0, 0.05) is 0 Å². The maximum atomic E-state index is 2.34. The van der Waals surface area contributed by atoms with Gasteiger partial charge >= 0.3 is 0 Å². The summed E-state index contributed by atoms with van der Waals surface area (Å²) < 4.78 is 0. The molecule has 0 atom stereocenters. The van der Waals surface area contributed by atoms with E-state index in [4.69, 9.17) is 0 Å². The lowest BCUT2D eigenvalue weighted by atomic mass is 10.0. The fourth-order valence-electron chi connectivity index (χ4n) is 3.55. The van der Waals surface area contributed by atoms with E-state index in [9.17, 15) is 0 Å². The Hall–Kier alpha value is -2.86. The Bertz CT molecular complexity index is 1070. The molecule has 2 aromatic carbocycles. The smallest absolute Gasteiger partial charge is 0.00990 e. The minimum absolute atomic E-state index is 1.30. The Balaban J connectivity index is 1.96. The van der Waals surface area contributed by atoms with Gasteiger partial charge in [0.25, 0.3) is 0 Å². The van der Waals surface area contributed by atoms with Gasteiger partial charge in [-0.2, -0.15) is 0 Å². The SMILES string of the molecule is c1cc2cc3ccccc3c-2cc2cc3ccccc3c-2c1. The molecule has 0 spiro atoms. The molecule has 0 aromatic heterocycles. The Kier molecular flexibility index (Phi) is 2.31. The van der Waals surface area contributed by atoms with Gasteiger partial charge in [-0.25, -0.2) is 0 Å². The molecule has 0 saturated carbocycles. The molecular formula is C22H14. The predicted molar refractivity (Wildman–Crippen MR) is 94.7 cm³/mol. The predicted octanol–water partition coefficient (Wildman–Crippen LogP) is 6.20. The first-order valence-electron chi connectivity index (χ1n) is 7.63. The quantitative estimate of drug-likeness (QED) is 0.316. The molecule has 0 unspecified atom stereocenters. The Morgan fingerprint density at radius 2 is 1.05 bits per heavy atom. The van der Waals surface area contributed by atoms with Crippen molar-refractivity contribution in [1.29, 1.82) is 0 Å². The molecule has 0 radical (unpaired) electrons. The fourth-order valence-corrected chi connectivity index (χ4v) is 3.55. The molecule has 2 aromatic rings. The summed E-state index contributed by atoms with van der Waals surface area (Å²) in [5.41, 5.74) is 5.26. The normalized spacial score (nSPS) is 11.6. The van der Waals surface area contributed by atoms with Gasteiger partial charge in [-0.15, -0.1) is 0 Å². The highest BCUT2D eigenvalue weighted by Crippen LogP contribution is 2.39. The molecule has 0 nitrogen and oxygen atoms in total. The molecule has 0 heteroatoms. The van der Waals surface area contributed by atoms with Crippen molar-refractivity contribution in [3.8, 4) is 22.3 Å². The summed E-state index contributed by atoms with van der Waals surface area (Å²) in [5.74, 6) is 0. The van der Waals surface area contributed by atoms with E-state index in [0.29, 0.717) is 0 Å². The summed E-state index contributed by atoms with van der Waals surface area (Å²) >= 11 is 0. The van der Waals surface area contributed by atoms with Crippen LogP contribution < -0.4 is 0 Å². The molecule has 0 bridgehead atoms. The van der Waals surface area contributed by atoms with E-state index in [1.807, 2.05) is 0 Å². The fraction of sp³-hybridized carbons (Fsp3) is 0. The van der Waals surface area contributed by atoms with Gasteiger partial charge in [0.2, 0.25) is 0 Å². The van der Waals surface area contributed by atoms with Gasteiger partial charge in [-0.05, 0) is 62.0 Å². The molecule has 3 aliphatic rings. The molecule has 22 heavy (non-hydrogen) atoms. The van der Waals surface area contributed by atoms with Crippen molar-refractivity contribution in [2.24, 2.45) is 0 Å². The first-order valence-corrected chi connectivity index (χ1v) is 7.63. The Labute approximate surface area is 129 Å². The summed E-state index contributed by atoms with van der Waals surface area (Å²) in [6, 6.07) is 30.8. The van der Waals surface area contributed by atoms with Crippen LogP contribution in [0, 0.1) is 0 Å². The number of fused-ring (bicyclic) bond motifs is 6. The van der Waals surface area contributed by atoms with Crippen molar-refractivity contribution in [1.82, 2.24) is 0 Å². The second-order valence-electron chi connectivity index (χ2n) is 5.87. The van der Waals surface area contributed by atoms with Crippen LogP contribution in [0.25, 0.3) is 43.8 Å². The number of rotatable bonds is 0. The van der Waals surface area contributed by atoms with Crippen molar-refractivity contribution < 1.29 is 0 Å². The average Bonchev–Trinajstić information content (AvgIpc) is 3.04. The zero-order valence-corrected chi connectivity index (χ0v) is 12.1. The largest absolute Gasteiger partial charge is 0.0616 e. The van der Waals surface area contributed by atoms with Crippen LogP contribution in [-0.4, -0.2) is 0 Å². The molecular weight excluding hydrogens is 264 g/mol. The highest BCUT2D eigenvalue weighted by atomic mass is 14.2. The molecule has 0 amide bonds.